The lowest BCUT2D eigenvalue weighted by Gasteiger charge is -1.95. The molecule has 78 valence electrons. The molecule has 0 aliphatic heterocycles. The maximum Gasteiger partial charge on any atom is 0.437 e. The van der Waals surface area contributed by atoms with Crippen LogP contribution in [-0.4, -0.2) is 14.8 Å². The molecule has 15 heavy (non-hydrogen) atoms. The Labute approximate surface area is 94.3 Å². The predicted molar refractivity (Wildman–Crippen MR) is 55.0 cm³/mol. The van der Waals surface area contributed by atoms with Crippen LogP contribution >= 0.6 is 23.2 Å². The van der Waals surface area contributed by atoms with Gasteiger partial charge in [-0.25, -0.2) is 9.78 Å². The second kappa shape index (κ2) is 3.67. The van der Waals surface area contributed by atoms with Gasteiger partial charge in [-0.3, -0.25) is 0 Å². The van der Waals surface area contributed by atoms with Crippen molar-refractivity contribution in [2.45, 2.75) is 0 Å². The molecule has 0 amide bonds. The molecular formula is C8H5Cl2N3O2. The number of hydrogen-bond donors (Lipinski definition) is 0. The van der Waals surface area contributed by atoms with E-state index >= 15 is 0 Å². The minimum absolute atomic E-state index is 0.0897. The third kappa shape index (κ3) is 2.03. The van der Waals surface area contributed by atoms with Crippen molar-refractivity contribution in [1.82, 2.24) is 14.8 Å². The summed E-state index contributed by atoms with van der Waals surface area (Å²) in [4.78, 5) is 15.0. The fraction of sp³-hybridized carbons (Fsp3) is 0.125. The smallest absolute Gasteiger partial charge is 0.386 e. The summed E-state index contributed by atoms with van der Waals surface area (Å²) in [5, 5.41) is 4.44. The first-order valence-electron chi connectivity index (χ1n) is 3.94. The monoisotopic (exact) mass is 245 g/mol. The van der Waals surface area contributed by atoms with Crippen molar-refractivity contribution < 1.29 is 4.42 Å². The molecule has 0 unspecified atom stereocenters. The number of aryl methyl sites for hydroxylation is 1. The molecule has 2 rings (SSSR count). The van der Waals surface area contributed by atoms with E-state index in [1.807, 2.05) is 0 Å². The van der Waals surface area contributed by atoms with Crippen LogP contribution in [-0.2, 0) is 7.05 Å². The molecule has 0 saturated carbocycles. The number of nitrogens with zero attached hydrogens (tertiary/aromatic N) is 3. The average Bonchev–Trinajstić information content (AvgIpc) is 2.45. The number of aromatic nitrogens is 3. The first-order valence-corrected chi connectivity index (χ1v) is 4.69. The van der Waals surface area contributed by atoms with Gasteiger partial charge in [-0.2, -0.15) is 4.68 Å². The summed E-state index contributed by atoms with van der Waals surface area (Å²) in [5.41, 5.74) is 0.324. The van der Waals surface area contributed by atoms with Crippen LogP contribution in [0, 0.1) is 0 Å². The fourth-order valence-corrected chi connectivity index (χ4v) is 1.50. The van der Waals surface area contributed by atoms with Gasteiger partial charge in [-0.15, -0.1) is 5.10 Å². The van der Waals surface area contributed by atoms with Gasteiger partial charge in [-0.05, 0) is 12.1 Å². The molecule has 0 spiro atoms. The van der Waals surface area contributed by atoms with Crippen LogP contribution in [0.15, 0.2) is 21.3 Å². The van der Waals surface area contributed by atoms with Crippen LogP contribution in [0.5, 0.6) is 0 Å². The average molecular weight is 246 g/mol. The van der Waals surface area contributed by atoms with Crippen molar-refractivity contribution in [3.8, 4) is 11.6 Å². The van der Waals surface area contributed by atoms with Gasteiger partial charge in [0.25, 0.3) is 5.89 Å². The van der Waals surface area contributed by atoms with Gasteiger partial charge in [0.1, 0.15) is 10.8 Å². The third-order valence-electron chi connectivity index (χ3n) is 1.67. The van der Waals surface area contributed by atoms with E-state index < -0.39 is 5.76 Å². The molecule has 2 heterocycles. The molecule has 0 aliphatic carbocycles. The van der Waals surface area contributed by atoms with Crippen molar-refractivity contribution in [3.63, 3.8) is 0 Å². The van der Waals surface area contributed by atoms with Crippen molar-refractivity contribution in [2.75, 3.05) is 0 Å². The molecule has 5 nitrogen and oxygen atoms in total. The molecular weight excluding hydrogens is 241 g/mol. The standard InChI is InChI=1S/C8H5Cl2N3O2/c1-13-8(14)15-7(12-13)5-2-4(9)3-6(10)11-5/h2-3H,1H3. The fourth-order valence-electron chi connectivity index (χ4n) is 1.02. The summed E-state index contributed by atoms with van der Waals surface area (Å²) in [6, 6.07) is 2.99. The van der Waals surface area contributed by atoms with Crippen LogP contribution in [0.4, 0.5) is 0 Å². The maximum absolute atomic E-state index is 11.0. The van der Waals surface area contributed by atoms with Gasteiger partial charge in [0.05, 0.1) is 0 Å². The van der Waals surface area contributed by atoms with Crippen LogP contribution in [0.3, 0.4) is 0 Å². The van der Waals surface area contributed by atoms with E-state index in [9.17, 15) is 4.79 Å². The Hall–Kier alpha value is -1.33. The Morgan fingerprint density at radius 3 is 2.67 bits per heavy atom. The van der Waals surface area contributed by atoms with Gasteiger partial charge in [0, 0.05) is 12.1 Å². The normalized spacial score (nSPS) is 10.6. The van der Waals surface area contributed by atoms with Gasteiger partial charge in [0.2, 0.25) is 0 Å². The molecule has 2 aromatic rings. The van der Waals surface area contributed by atoms with Crippen LogP contribution in [0.2, 0.25) is 10.2 Å². The highest BCUT2D eigenvalue weighted by Crippen LogP contribution is 2.21. The van der Waals surface area contributed by atoms with E-state index in [4.69, 9.17) is 27.6 Å². The lowest BCUT2D eigenvalue weighted by molar-refractivity contribution is 0.504. The van der Waals surface area contributed by atoms with Gasteiger partial charge >= 0.3 is 5.76 Å². The Bertz CT molecular complexity index is 541. The van der Waals surface area contributed by atoms with E-state index in [0.29, 0.717) is 10.7 Å². The summed E-state index contributed by atoms with van der Waals surface area (Å²) in [5.74, 6) is -0.477. The van der Waals surface area contributed by atoms with Gasteiger partial charge in [-0.1, -0.05) is 23.2 Å². The molecule has 0 aliphatic rings. The molecule has 0 bridgehead atoms. The second-order valence-electron chi connectivity index (χ2n) is 2.79. The Balaban J connectivity index is 2.58. The van der Waals surface area contributed by atoms with E-state index in [2.05, 4.69) is 10.1 Å². The zero-order valence-electron chi connectivity index (χ0n) is 7.57. The Morgan fingerprint density at radius 2 is 2.13 bits per heavy atom. The van der Waals surface area contributed by atoms with Gasteiger partial charge in [0.15, 0.2) is 0 Å². The Morgan fingerprint density at radius 1 is 1.40 bits per heavy atom. The van der Waals surface area contributed by atoms with E-state index in [-0.39, 0.29) is 11.0 Å². The highest BCUT2D eigenvalue weighted by molar-refractivity contribution is 6.34. The molecule has 0 N–H and O–H groups in total. The van der Waals surface area contributed by atoms with Crippen LogP contribution < -0.4 is 5.76 Å². The number of pyridine rings is 1. The molecule has 0 saturated heterocycles. The highest BCUT2D eigenvalue weighted by atomic mass is 35.5. The molecule has 0 fully saturated rings. The van der Waals surface area contributed by atoms with E-state index in [1.54, 1.807) is 0 Å². The zero-order valence-corrected chi connectivity index (χ0v) is 9.08. The minimum atomic E-state index is -0.567. The summed E-state index contributed by atoms with van der Waals surface area (Å²) in [6.07, 6.45) is 0. The van der Waals surface area contributed by atoms with Crippen molar-refractivity contribution in [2.24, 2.45) is 7.05 Å². The summed E-state index contributed by atoms with van der Waals surface area (Å²) in [6.45, 7) is 0. The third-order valence-corrected chi connectivity index (χ3v) is 2.08. The lowest BCUT2D eigenvalue weighted by Crippen LogP contribution is -2.09. The predicted octanol–water partition coefficient (Wildman–Crippen LogP) is 1.74. The largest absolute Gasteiger partial charge is 0.437 e. The summed E-state index contributed by atoms with van der Waals surface area (Å²) in [7, 11) is 1.47. The lowest BCUT2D eigenvalue weighted by atomic mass is 10.3. The summed E-state index contributed by atoms with van der Waals surface area (Å²) < 4.78 is 5.89. The topological polar surface area (TPSA) is 60.9 Å². The first-order chi connectivity index (χ1) is 7.06. The highest BCUT2D eigenvalue weighted by Gasteiger charge is 2.10. The second-order valence-corrected chi connectivity index (χ2v) is 3.61. The van der Waals surface area contributed by atoms with E-state index in [1.165, 1.54) is 19.2 Å². The molecule has 0 aromatic carbocycles. The molecule has 2 aromatic heterocycles. The number of hydrogen-bond acceptors (Lipinski definition) is 4. The van der Waals surface area contributed by atoms with E-state index in [0.717, 1.165) is 4.68 Å². The molecule has 7 heteroatoms. The quantitative estimate of drug-likeness (QED) is 0.719. The molecule has 0 radical (unpaired) electrons. The van der Waals surface area contributed by atoms with Crippen molar-refractivity contribution in [1.29, 1.82) is 0 Å². The summed E-state index contributed by atoms with van der Waals surface area (Å²) >= 11 is 11.5. The van der Waals surface area contributed by atoms with Crippen molar-refractivity contribution in [3.05, 3.63) is 32.9 Å². The Kier molecular flexibility index (Phi) is 2.50. The van der Waals surface area contributed by atoms with Crippen molar-refractivity contribution >= 4 is 23.2 Å². The zero-order chi connectivity index (χ0) is 11.0. The number of halogens is 2. The maximum atomic E-state index is 11.0. The van der Waals surface area contributed by atoms with Crippen LogP contribution in [0.1, 0.15) is 0 Å². The number of rotatable bonds is 1. The van der Waals surface area contributed by atoms with Crippen LogP contribution in [0.25, 0.3) is 11.6 Å². The SMILES string of the molecule is Cn1nc(-c2cc(Cl)cc(Cl)n2)oc1=O. The minimum Gasteiger partial charge on any atom is -0.386 e. The molecule has 0 atom stereocenters. The van der Waals surface area contributed by atoms with Gasteiger partial charge < -0.3 is 4.42 Å². The first kappa shape index (κ1) is 10.2.